The standard InChI is InChI=1S/C17H27N7OS/c1-5-18-16(19-9-14-12-26-17(21-14)22(2)3)24-6-7-25-15(11-24)13-8-20-23(4)10-13/h8,10,12,15H,5-7,9,11H2,1-4H3,(H,18,19). The molecule has 2 aromatic rings. The van der Waals surface area contributed by atoms with Crippen molar-refractivity contribution in [2.45, 2.75) is 19.6 Å². The highest BCUT2D eigenvalue weighted by Gasteiger charge is 2.25. The molecule has 1 aliphatic heterocycles. The molecule has 0 radical (unpaired) electrons. The van der Waals surface area contributed by atoms with Crippen LogP contribution in [-0.4, -0.2) is 66.0 Å². The molecule has 0 bridgehead atoms. The van der Waals surface area contributed by atoms with Gasteiger partial charge in [-0.2, -0.15) is 5.10 Å². The zero-order chi connectivity index (χ0) is 18.5. The van der Waals surface area contributed by atoms with Gasteiger partial charge in [0, 0.05) is 51.4 Å². The minimum atomic E-state index is 0.0147. The van der Waals surface area contributed by atoms with Crippen LogP contribution >= 0.6 is 11.3 Å². The Labute approximate surface area is 158 Å². The first-order valence-electron chi connectivity index (χ1n) is 8.82. The molecule has 1 atom stereocenters. The highest BCUT2D eigenvalue weighted by Crippen LogP contribution is 2.22. The summed E-state index contributed by atoms with van der Waals surface area (Å²) in [6.07, 6.45) is 3.90. The van der Waals surface area contributed by atoms with E-state index in [9.17, 15) is 0 Å². The van der Waals surface area contributed by atoms with Gasteiger partial charge < -0.3 is 19.9 Å². The van der Waals surface area contributed by atoms with Gasteiger partial charge in [-0.15, -0.1) is 11.3 Å². The van der Waals surface area contributed by atoms with Crippen molar-refractivity contribution in [3.63, 3.8) is 0 Å². The van der Waals surface area contributed by atoms with Gasteiger partial charge in [-0.1, -0.05) is 0 Å². The van der Waals surface area contributed by atoms with E-state index < -0.39 is 0 Å². The van der Waals surface area contributed by atoms with Gasteiger partial charge >= 0.3 is 0 Å². The van der Waals surface area contributed by atoms with E-state index in [-0.39, 0.29) is 6.10 Å². The van der Waals surface area contributed by atoms with Crippen molar-refractivity contribution in [3.8, 4) is 0 Å². The van der Waals surface area contributed by atoms with E-state index >= 15 is 0 Å². The minimum absolute atomic E-state index is 0.0147. The average molecular weight is 378 g/mol. The normalized spacial score (nSPS) is 18.2. The van der Waals surface area contributed by atoms with Crippen LogP contribution in [0.25, 0.3) is 0 Å². The quantitative estimate of drug-likeness (QED) is 0.629. The lowest BCUT2D eigenvalue weighted by molar-refractivity contribution is -0.00805. The number of rotatable bonds is 5. The first kappa shape index (κ1) is 18.7. The molecule has 1 fully saturated rings. The van der Waals surface area contributed by atoms with Crippen molar-refractivity contribution in [2.75, 3.05) is 45.2 Å². The maximum Gasteiger partial charge on any atom is 0.194 e. The van der Waals surface area contributed by atoms with Gasteiger partial charge in [-0.3, -0.25) is 4.68 Å². The van der Waals surface area contributed by atoms with Crippen LogP contribution in [-0.2, 0) is 18.3 Å². The third-order valence-corrected chi connectivity index (χ3v) is 5.17. The van der Waals surface area contributed by atoms with Gasteiger partial charge in [0.2, 0.25) is 0 Å². The van der Waals surface area contributed by atoms with Crippen molar-refractivity contribution in [1.82, 2.24) is 25.0 Å². The van der Waals surface area contributed by atoms with E-state index in [0.717, 1.165) is 42.0 Å². The number of morpholine rings is 1. The second-order valence-corrected chi connectivity index (χ2v) is 7.28. The number of guanidine groups is 1. The van der Waals surface area contributed by atoms with Crippen LogP contribution in [0.15, 0.2) is 22.8 Å². The fourth-order valence-corrected chi connectivity index (χ4v) is 3.56. The third kappa shape index (κ3) is 4.53. The van der Waals surface area contributed by atoms with Crippen LogP contribution in [0.1, 0.15) is 24.3 Å². The number of hydrogen-bond acceptors (Lipinski definition) is 6. The van der Waals surface area contributed by atoms with E-state index in [1.165, 1.54) is 0 Å². The summed E-state index contributed by atoms with van der Waals surface area (Å²) < 4.78 is 7.74. The van der Waals surface area contributed by atoms with Crippen LogP contribution in [0, 0.1) is 0 Å². The molecule has 3 heterocycles. The van der Waals surface area contributed by atoms with Crippen LogP contribution in [0.3, 0.4) is 0 Å². The Morgan fingerprint density at radius 2 is 2.35 bits per heavy atom. The number of aryl methyl sites for hydroxylation is 1. The summed E-state index contributed by atoms with van der Waals surface area (Å²) in [4.78, 5) is 13.7. The molecule has 2 aromatic heterocycles. The van der Waals surface area contributed by atoms with E-state index in [4.69, 9.17) is 9.73 Å². The summed E-state index contributed by atoms with van der Waals surface area (Å²) >= 11 is 1.64. The number of hydrogen-bond donors (Lipinski definition) is 1. The molecular formula is C17H27N7OS. The van der Waals surface area contributed by atoms with Gasteiger partial charge in [-0.25, -0.2) is 9.98 Å². The summed E-state index contributed by atoms with van der Waals surface area (Å²) in [6.45, 7) is 5.74. The van der Waals surface area contributed by atoms with Crippen molar-refractivity contribution < 1.29 is 4.74 Å². The van der Waals surface area contributed by atoms with E-state index in [0.29, 0.717) is 13.2 Å². The lowest BCUT2D eigenvalue weighted by atomic mass is 10.1. The highest BCUT2D eigenvalue weighted by atomic mass is 32.1. The van der Waals surface area contributed by atoms with Crippen molar-refractivity contribution in [1.29, 1.82) is 0 Å². The summed E-state index contributed by atoms with van der Waals surface area (Å²) in [5.74, 6) is 0.907. The minimum Gasteiger partial charge on any atom is -0.370 e. The number of nitrogens with zero attached hydrogens (tertiary/aromatic N) is 6. The smallest absolute Gasteiger partial charge is 0.194 e. The monoisotopic (exact) mass is 377 g/mol. The Hall–Kier alpha value is -2.13. The van der Waals surface area contributed by atoms with Gasteiger partial charge in [0.25, 0.3) is 0 Å². The van der Waals surface area contributed by atoms with E-state index in [1.54, 1.807) is 11.3 Å². The fraction of sp³-hybridized carbons (Fsp3) is 0.588. The molecule has 0 aromatic carbocycles. The van der Waals surface area contributed by atoms with Crippen molar-refractivity contribution in [2.24, 2.45) is 12.0 Å². The number of nitrogens with one attached hydrogen (secondary N) is 1. The first-order chi connectivity index (χ1) is 12.6. The fourth-order valence-electron chi connectivity index (χ4n) is 2.81. The van der Waals surface area contributed by atoms with Crippen LogP contribution in [0.2, 0.25) is 0 Å². The number of ether oxygens (including phenoxy) is 1. The third-order valence-electron chi connectivity index (χ3n) is 4.11. The molecule has 3 rings (SSSR count). The van der Waals surface area contributed by atoms with Crippen molar-refractivity contribution >= 4 is 22.4 Å². The molecular weight excluding hydrogens is 350 g/mol. The Balaban J connectivity index is 1.69. The molecule has 142 valence electrons. The largest absolute Gasteiger partial charge is 0.370 e. The van der Waals surface area contributed by atoms with Crippen LogP contribution in [0.5, 0.6) is 0 Å². The van der Waals surface area contributed by atoms with Gasteiger partial charge in [0.1, 0.15) is 6.10 Å². The topological polar surface area (TPSA) is 70.8 Å². The van der Waals surface area contributed by atoms with Gasteiger partial charge in [0.15, 0.2) is 11.1 Å². The molecule has 0 spiro atoms. The van der Waals surface area contributed by atoms with E-state index in [2.05, 4.69) is 32.6 Å². The lowest BCUT2D eigenvalue weighted by Crippen LogP contribution is -2.48. The second kappa shape index (κ2) is 8.50. The molecule has 1 saturated heterocycles. The zero-order valence-corrected chi connectivity index (χ0v) is 16.7. The van der Waals surface area contributed by atoms with Crippen LogP contribution < -0.4 is 10.2 Å². The predicted molar refractivity (Wildman–Crippen MR) is 105 cm³/mol. The molecule has 0 saturated carbocycles. The Morgan fingerprint density at radius 3 is 3.00 bits per heavy atom. The predicted octanol–water partition coefficient (Wildman–Crippen LogP) is 1.48. The molecule has 26 heavy (non-hydrogen) atoms. The molecule has 0 amide bonds. The molecule has 0 aliphatic carbocycles. The number of thiazole rings is 1. The molecule has 1 unspecified atom stereocenters. The summed E-state index contributed by atoms with van der Waals surface area (Å²) in [6, 6.07) is 0. The number of aliphatic imine (C=N–C) groups is 1. The van der Waals surface area contributed by atoms with Gasteiger partial charge in [0.05, 0.1) is 31.6 Å². The molecule has 8 nitrogen and oxygen atoms in total. The number of anilines is 1. The van der Waals surface area contributed by atoms with Gasteiger partial charge in [-0.05, 0) is 6.92 Å². The van der Waals surface area contributed by atoms with Crippen molar-refractivity contribution in [3.05, 3.63) is 29.0 Å². The molecule has 1 aliphatic rings. The Bertz CT molecular complexity index is 739. The number of aromatic nitrogens is 3. The zero-order valence-electron chi connectivity index (χ0n) is 15.8. The van der Waals surface area contributed by atoms with Crippen LogP contribution in [0.4, 0.5) is 5.13 Å². The molecule has 1 N–H and O–H groups in total. The molecule has 9 heteroatoms. The summed E-state index contributed by atoms with van der Waals surface area (Å²) in [5, 5.41) is 10.7. The maximum absolute atomic E-state index is 5.93. The average Bonchev–Trinajstić information content (AvgIpc) is 3.28. The Morgan fingerprint density at radius 1 is 1.50 bits per heavy atom. The Kier molecular flexibility index (Phi) is 6.10. The lowest BCUT2D eigenvalue weighted by Gasteiger charge is -2.34. The summed E-state index contributed by atoms with van der Waals surface area (Å²) in [5.41, 5.74) is 2.09. The van der Waals surface area contributed by atoms with E-state index in [1.807, 2.05) is 43.1 Å². The first-order valence-corrected chi connectivity index (χ1v) is 9.70. The highest BCUT2D eigenvalue weighted by molar-refractivity contribution is 7.13. The maximum atomic E-state index is 5.93. The second-order valence-electron chi connectivity index (χ2n) is 6.44. The SMILES string of the molecule is CCNC(=NCc1csc(N(C)C)n1)N1CCOC(c2cnn(C)c2)C1. The summed E-state index contributed by atoms with van der Waals surface area (Å²) in [7, 11) is 5.93.